The summed E-state index contributed by atoms with van der Waals surface area (Å²) in [6.45, 7) is 1.59. The second-order valence-corrected chi connectivity index (χ2v) is 5.33. The van der Waals surface area contributed by atoms with Gasteiger partial charge in [0.25, 0.3) is 0 Å². The third-order valence-corrected chi connectivity index (χ3v) is 3.49. The van der Waals surface area contributed by atoms with Crippen molar-refractivity contribution in [1.29, 1.82) is 0 Å². The third kappa shape index (κ3) is 5.02. The van der Waals surface area contributed by atoms with Crippen LogP contribution in [0.15, 0.2) is 46.9 Å². The topological polar surface area (TPSA) is 44.5 Å². The average molecular weight is 354 g/mol. The number of benzene rings is 2. The zero-order valence-corrected chi connectivity index (χ0v) is 13.1. The maximum Gasteiger partial charge on any atom is 0.133 e. The molecule has 2 aromatic carbocycles. The lowest BCUT2D eigenvalue weighted by Gasteiger charge is -2.09. The number of ether oxygens (including phenoxy) is 2. The van der Waals surface area contributed by atoms with Crippen molar-refractivity contribution in [2.24, 2.45) is 5.73 Å². The van der Waals surface area contributed by atoms with Crippen LogP contribution in [0, 0.1) is 5.82 Å². The first kappa shape index (κ1) is 15.8. The van der Waals surface area contributed by atoms with E-state index in [4.69, 9.17) is 15.2 Å². The summed E-state index contributed by atoms with van der Waals surface area (Å²) in [6.07, 6.45) is 0.739. The molecule has 0 atom stereocenters. The number of hydrogen-bond acceptors (Lipinski definition) is 3. The van der Waals surface area contributed by atoms with Gasteiger partial charge in [0.1, 0.15) is 17.3 Å². The minimum absolute atomic E-state index is 0.293. The molecule has 112 valence electrons. The van der Waals surface area contributed by atoms with E-state index in [9.17, 15) is 4.39 Å². The molecule has 3 nitrogen and oxygen atoms in total. The van der Waals surface area contributed by atoms with E-state index < -0.39 is 0 Å². The summed E-state index contributed by atoms with van der Waals surface area (Å²) in [5, 5.41) is 0. The van der Waals surface area contributed by atoms with E-state index in [2.05, 4.69) is 15.9 Å². The molecule has 0 amide bonds. The summed E-state index contributed by atoms with van der Waals surface area (Å²) in [6, 6.07) is 12.0. The molecule has 2 rings (SSSR count). The number of hydrogen-bond donors (Lipinski definition) is 1. The second-order valence-electron chi connectivity index (χ2n) is 4.47. The second kappa shape index (κ2) is 8.00. The Morgan fingerprint density at radius 2 is 1.71 bits per heavy atom. The SMILES string of the molecule is NCc1ccc(OCCCOc2ccc(F)cc2Br)cc1. The molecule has 5 heteroatoms. The van der Waals surface area contributed by atoms with Crippen LogP contribution in [0.4, 0.5) is 4.39 Å². The molecular weight excluding hydrogens is 337 g/mol. The van der Waals surface area contributed by atoms with E-state index in [0.717, 1.165) is 17.7 Å². The van der Waals surface area contributed by atoms with Crippen LogP contribution in [0.1, 0.15) is 12.0 Å². The summed E-state index contributed by atoms with van der Waals surface area (Å²) in [5.41, 5.74) is 6.61. The molecule has 0 fully saturated rings. The van der Waals surface area contributed by atoms with Gasteiger partial charge in [-0.2, -0.15) is 0 Å². The fraction of sp³-hybridized carbons (Fsp3) is 0.250. The standard InChI is InChI=1S/C16H17BrFNO2/c17-15-10-13(18)4-7-16(15)21-9-1-8-20-14-5-2-12(11-19)3-6-14/h2-7,10H,1,8-9,11,19H2. The molecule has 0 aliphatic rings. The Bertz CT molecular complexity index is 575. The minimum atomic E-state index is -0.293. The van der Waals surface area contributed by atoms with Crippen LogP contribution >= 0.6 is 15.9 Å². The molecule has 2 N–H and O–H groups in total. The highest BCUT2D eigenvalue weighted by Crippen LogP contribution is 2.25. The van der Waals surface area contributed by atoms with E-state index in [1.165, 1.54) is 12.1 Å². The van der Waals surface area contributed by atoms with Gasteiger partial charge in [-0.3, -0.25) is 0 Å². The Balaban J connectivity index is 1.69. The Hall–Kier alpha value is -1.59. The van der Waals surface area contributed by atoms with Crippen molar-refractivity contribution >= 4 is 15.9 Å². The molecule has 0 bridgehead atoms. The highest BCUT2D eigenvalue weighted by molar-refractivity contribution is 9.10. The summed E-state index contributed by atoms with van der Waals surface area (Å²) in [5.74, 6) is 1.15. The smallest absolute Gasteiger partial charge is 0.133 e. The van der Waals surface area contributed by atoms with Gasteiger partial charge in [-0.05, 0) is 51.8 Å². The van der Waals surface area contributed by atoms with Gasteiger partial charge >= 0.3 is 0 Å². The predicted molar refractivity (Wildman–Crippen MR) is 84.0 cm³/mol. The molecule has 0 aliphatic carbocycles. The Morgan fingerprint density at radius 3 is 2.38 bits per heavy atom. The van der Waals surface area contributed by atoms with Crippen LogP contribution in [-0.4, -0.2) is 13.2 Å². The maximum atomic E-state index is 12.9. The van der Waals surface area contributed by atoms with Crippen molar-refractivity contribution in [3.05, 3.63) is 58.3 Å². The van der Waals surface area contributed by atoms with Crippen molar-refractivity contribution in [3.63, 3.8) is 0 Å². The van der Waals surface area contributed by atoms with Crippen molar-refractivity contribution < 1.29 is 13.9 Å². The van der Waals surface area contributed by atoms with Gasteiger partial charge in [0, 0.05) is 13.0 Å². The lowest BCUT2D eigenvalue weighted by Crippen LogP contribution is -2.05. The zero-order chi connectivity index (χ0) is 15.1. The largest absolute Gasteiger partial charge is 0.493 e. The van der Waals surface area contributed by atoms with Gasteiger partial charge < -0.3 is 15.2 Å². The van der Waals surface area contributed by atoms with Crippen molar-refractivity contribution in [2.75, 3.05) is 13.2 Å². The Labute approximate surface area is 132 Å². The van der Waals surface area contributed by atoms with Crippen molar-refractivity contribution in [2.45, 2.75) is 13.0 Å². The van der Waals surface area contributed by atoms with Crippen LogP contribution in [0.25, 0.3) is 0 Å². The summed E-state index contributed by atoms with van der Waals surface area (Å²) >= 11 is 3.26. The molecule has 21 heavy (non-hydrogen) atoms. The van der Waals surface area contributed by atoms with Crippen LogP contribution in [0.3, 0.4) is 0 Å². The third-order valence-electron chi connectivity index (χ3n) is 2.87. The number of rotatable bonds is 7. The first-order valence-corrected chi connectivity index (χ1v) is 7.48. The molecule has 0 saturated carbocycles. The monoisotopic (exact) mass is 353 g/mol. The highest BCUT2D eigenvalue weighted by atomic mass is 79.9. The molecule has 0 heterocycles. The van der Waals surface area contributed by atoms with Crippen molar-refractivity contribution in [1.82, 2.24) is 0 Å². The molecule has 0 radical (unpaired) electrons. The summed E-state index contributed by atoms with van der Waals surface area (Å²) in [4.78, 5) is 0. The predicted octanol–water partition coefficient (Wildman–Crippen LogP) is 3.89. The molecule has 0 saturated heterocycles. The maximum absolute atomic E-state index is 12.9. The van der Waals surface area contributed by atoms with Gasteiger partial charge in [-0.15, -0.1) is 0 Å². The van der Waals surface area contributed by atoms with E-state index in [1.807, 2.05) is 24.3 Å². The summed E-state index contributed by atoms with van der Waals surface area (Å²) < 4.78 is 24.7. The average Bonchev–Trinajstić information content (AvgIpc) is 2.49. The fourth-order valence-electron chi connectivity index (χ4n) is 1.75. The molecular formula is C16H17BrFNO2. The molecule has 0 unspecified atom stereocenters. The Kier molecular flexibility index (Phi) is 6.02. The first-order chi connectivity index (χ1) is 10.2. The lowest BCUT2D eigenvalue weighted by molar-refractivity contribution is 0.246. The summed E-state index contributed by atoms with van der Waals surface area (Å²) in [7, 11) is 0. The van der Waals surface area contributed by atoms with Crippen molar-refractivity contribution in [3.8, 4) is 11.5 Å². The normalized spacial score (nSPS) is 10.4. The van der Waals surface area contributed by atoms with E-state index in [0.29, 0.717) is 30.0 Å². The quantitative estimate of drug-likeness (QED) is 0.767. The lowest BCUT2D eigenvalue weighted by atomic mass is 10.2. The number of nitrogens with two attached hydrogens (primary N) is 1. The fourth-order valence-corrected chi connectivity index (χ4v) is 2.21. The zero-order valence-electron chi connectivity index (χ0n) is 11.5. The van der Waals surface area contributed by atoms with Gasteiger partial charge in [0.05, 0.1) is 17.7 Å². The molecule has 0 aliphatic heterocycles. The molecule has 0 spiro atoms. The van der Waals surface area contributed by atoms with Gasteiger partial charge in [0.15, 0.2) is 0 Å². The van der Waals surface area contributed by atoms with Crippen LogP contribution in [0.2, 0.25) is 0 Å². The van der Waals surface area contributed by atoms with Gasteiger partial charge in [-0.1, -0.05) is 12.1 Å². The van der Waals surface area contributed by atoms with Gasteiger partial charge in [-0.25, -0.2) is 4.39 Å². The van der Waals surface area contributed by atoms with E-state index in [-0.39, 0.29) is 5.82 Å². The highest BCUT2D eigenvalue weighted by Gasteiger charge is 2.02. The molecule has 2 aromatic rings. The van der Waals surface area contributed by atoms with Crippen LogP contribution in [-0.2, 0) is 6.54 Å². The van der Waals surface area contributed by atoms with Crippen LogP contribution in [0.5, 0.6) is 11.5 Å². The van der Waals surface area contributed by atoms with E-state index in [1.54, 1.807) is 6.07 Å². The van der Waals surface area contributed by atoms with Crippen LogP contribution < -0.4 is 15.2 Å². The minimum Gasteiger partial charge on any atom is -0.493 e. The number of halogens is 2. The molecule has 0 aromatic heterocycles. The van der Waals surface area contributed by atoms with E-state index >= 15 is 0 Å². The Morgan fingerprint density at radius 1 is 1.00 bits per heavy atom. The van der Waals surface area contributed by atoms with Gasteiger partial charge in [0.2, 0.25) is 0 Å². The first-order valence-electron chi connectivity index (χ1n) is 6.68.